The van der Waals surface area contributed by atoms with Gasteiger partial charge in [-0.25, -0.2) is 0 Å². The van der Waals surface area contributed by atoms with E-state index in [0.717, 1.165) is 0 Å². The molecule has 0 saturated heterocycles. The van der Waals surface area contributed by atoms with E-state index < -0.39 is 6.04 Å². The number of aldehydes is 1. The fourth-order valence-electron chi connectivity index (χ4n) is 0.572. The van der Waals surface area contributed by atoms with Crippen molar-refractivity contribution >= 4 is 12.1 Å². The van der Waals surface area contributed by atoms with Crippen LogP contribution in [0.1, 0.15) is 26.2 Å². The van der Waals surface area contributed by atoms with Crippen LogP contribution in [0, 0.1) is 0 Å². The zero-order chi connectivity index (χ0) is 7.98. The van der Waals surface area contributed by atoms with Crippen LogP contribution in [-0.4, -0.2) is 18.1 Å². The normalized spacial score (nSPS) is 12.6. The molecule has 1 atom stereocenters. The summed E-state index contributed by atoms with van der Waals surface area (Å²) < 4.78 is 0. The van der Waals surface area contributed by atoms with Crippen LogP contribution in [0.2, 0.25) is 0 Å². The molecule has 0 aromatic carbocycles. The molecule has 3 heteroatoms. The summed E-state index contributed by atoms with van der Waals surface area (Å²) in [6.45, 7) is 1.80. The smallest absolute Gasteiger partial charge is 0.136 e. The van der Waals surface area contributed by atoms with Crippen LogP contribution < -0.4 is 5.73 Å². The molecule has 58 valence electrons. The van der Waals surface area contributed by atoms with E-state index in [1.807, 2.05) is 0 Å². The molecule has 0 aliphatic carbocycles. The van der Waals surface area contributed by atoms with Gasteiger partial charge in [-0.1, -0.05) is 6.92 Å². The van der Waals surface area contributed by atoms with Gasteiger partial charge in [-0.05, 0) is 6.42 Å². The molecular weight excluding hydrogens is 130 g/mol. The molecule has 0 aliphatic rings. The van der Waals surface area contributed by atoms with Crippen LogP contribution in [0.25, 0.3) is 0 Å². The van der Waals surface area contributed by atoms with E-state index in [0.29, 0.717) is 25.5 Å². The third-order valence-corrected chi connectivity index (χ3v) is 1.33. The van der Waals surface area contributed by atoms with Gasteiger partial charge in [0.05, 0.1) is 6.04 Å². The first kappa shape index (κ1) is 9.30. The summed E-state index contributed by atoms with van der Waals surface area (Å²) in [5.74, 6) is 0.164. The summed E-state index contributed by atoms with van der Waals surface area (Å²) >= 11 is 0. The van der Waals surface area contributed by atoms with E-state index in [1.54, 1.807) is 6.92 Å². The lowest BCUT2D eigenvalue weighted by atomic mass is 10.1. The number of nitrogens with two attached hydrogens (primary N) is 1. The lowest BCUT2D eigenvalue weighted by Crippen LogP contribution is -2.22. The highest BCUT2D eigenvalue weighted by Gasteiger charge is 2.02. The number of carbonyl (C=O) groups is 2. The molecule has 1 unspecified atom stereocenters. The Hall–Kier alpha value is -0.700. The average molecular weight is 143 g/mol. The number of hydrogen-bond donors (Lipinski definition) is 1. The van der Waals surface area contributed by atoms with Gasteiger partial charge in [0.15, 0.2) is 0 Å². The predicted octanol–water partition coefficient (Wildman–Crippen LogP) is 0.272. The topological polar surface area (TPSA) is 60.2 Å². The minimum atomic E-state index is -0.463. The van der Waals surface area contributed by atoms with Crippen LogP contribution in [0.5, 0.6) is 0 Å². The molecule has 0 spiro atoms. The van der Waals surface area contributed by atoms with Crippen LogP contribution in [-0.2, 0) is 9.59 Å². The first-order valence-corrected chi connectivity index (χ1v) is 3.43. The molecule has 3 nitrogen and oxygen atoms in total. The van der Waals surface area contributed by atoms with Gasteiger partial charge in [0.25, 0.3) is 0 Å². The molecule has 0 aromatic rings. The molecular formula is C7H13NO2. The van der Waals surface area contributed by atoms with Crippen molar-refractivity contribution in [2.75, 3.05) is 0 Å². The van der Waals surface area contributed by atoms with Gasteiger partial charge < -0.3 is 10.5 Å². The number of Topliss-reactive ketones (excluding diaryl/α,β-unsaturated/α-hetero) is 1. The standard InChI is InChI=1S/C7H13NO2/c1-2-7(10)4-3-6(8)5-9/h5-6H,2-4,8H2,1H3. The van der Waals surface area contributed by atoms with Gasteiger partial charge in [0.1, 0.15) is 12.1 Å². The van der Waals surface area contributed by atoms with E-state index >= 15 is 0 Å². The second-order valence-corrected chi connectivity index (χ2v) is 2.23. The van der Waals surface area contributed by atoms with E-state index in [4.69, 9.17) is 5.73 Å². The Morgan fingerprint density at radius 1 is 1.70 bits per heavy atom. The average Bonchev–Trinajstić information content (AvgIpc) is 1.99. The number of carbonyl (C=O) groups excluding carboxylic acids is 2. The highest BCUT2D eigenvalue weighted by molar-refractivity contribution is 5.78. The second kappa shape index (κ2) is 5.11. The maximum absolute atomic E-state index is 10.7. The summed E-state index contributed by atoms with van der Waals surface area (Å²) in [4.78, 5) is 20.6. The van der Waals surface area contributed by atoms with Crippen LogP contribution in [0.4, 0.5) is 0 Å². The third-order valence-electron chi connectivity index (χ3n) is 1.33. The minimum Gasteiger partial charge on any atom is -0.322 e. The first-order valence-electron chi connectivity index (χ1n) is 3.43. The van der Waals surface area contributed by atoms with Gasteiger partial charge in [-0.3, -0.25) is 4.79 Å². The van der Waals surface area contributed by atoms with E-state index in [2.05, 4.69) is 0 Å². The Balaban J connectivity index is 3.34. The van der Waals surface area contributed by atoms with Crippen molar-refractivity contribution in [3.05, 3.63) is 0 Å². The Morgan fingerprint density at radius 3 is 2.70 bits per heavy atom. The SMILES string of the molecule is CCC(=O)CCC(N)C=O. The molecule has 0 aliphatic heterocycles. The Bertz CT molecular complexity index is 123. The zero-order valence-corrected chi connectivity index (χ0v) is 6.17. The molecule has 0 bridgehead atoms. The highest BCUT2D eigenvalue weighted by atomic mass is 16.1. The van der Waals surface area contributed by atoms with E-state index in [9.17, 15) is 9.59 Å². The van der Waals surface area contributed by atoms with E-state index in [1.165, 1.54) is 0 Å². The molecule has 0 rings (SSSR count). The van der Waals surface area contributed by atoms with Crippen molar-refractivity contribution in [3.8, 4) is 0 Å². The van der Waals surface area contributed by atoms with Gasteiger partial charge in [-0.15, -0.1) is 0 Å². The minimum absolute atomic E-state index is 0.164. The summed E-state index contributed by atoms with van der Waals surface area (Å²) in [5.41, 5.74) is 5.26. The van der Waals surface area contributed by atoms with Gasteiger partial charge in [0.2, 0.25) is 0 Å². The zero-order valence-electron chi connectivity index (χ0n) is 6.17. The van der Waals surface area contributed by atoms with Gasteiger partial charge in [-0.2, -0.15) is 0 Å². The fourth-order valence-corrected chi connectivity index (χ4v) is 0.572. The maximum atomic E-state index is 10.7. The summed E-state index contributed by atoms with van der Waals surface area (Å²) in [7, 11) is 0. The molecule has 2 N–H and O–H groups in total. The van der Waals surface area contributed by atoms with Crippen molar-refractivity contribution < 1.29 is 9.59 Å². The van der Waals surface area contributed by atoms with Crippen molar-refractivity contribution in [3.63, 3.8) is 0 Å². The Labute approximate surface area is 60.6 Å². The number of ketones is 1. The largest absolute Gasteiger partial charge is 0.322 e. The Kier molecular flexibility index (Phi) is 4.76. The molecule has 0 fully saturated rings. The van der Waals surface area contributed by atoms with E-state index in [-0.39, 0.29) is 5.78 Å². The van der Waals surface area contributed by atoms with Crippen LogP contribution in [0.3, 0.4) is 0 Å². The fraction of sp³-hybridized carbons (Fsp3) is 0.714. The molecule has 0 radical (unpaired) electrons. The maximum Gasteiger partial charge on any atom is 0.136 e. The molecule has 0 saturated carbocycles. The quantitative estimate of drug-likeness (QED) is 0.562. The summed E-state index contributed by atoms with van der Waals surface area (Å²) in [6, 6.07) is -0.463. The second-order valence-electron chi connectivity index (χ2n) is 2.23. The van der Waals surface area contributed by atoms with Crippen LogP contribution >= 0.6 is 0 Å². The number of hydrogen-bond acceptors (Lipinski definition) is 3. The monoisotopic (exact) mass is 143 g/mol. The van der Waals surface area contributed by atoms with Crippen molar-refractivity contribution in [1.82, 2.24) is 0 Å². The summed E-state index contributed by atoms with van der Waals surface area (Å²) in [6.07, 6.45) is 2.11. The number of rotatable bonds is 5. The molecule has 10 heavy (non-hydrogen) atoms. The summed E-state index contributed by atoms with van der Waals surface area (Å²) in [5, 5.41) is 0. The van der Waals surface area contributed by atoms with Crippen molar-refractivity contribution in [2.45, 2.75) is 32.2 Å². The Morgan fingerprint density at radius 2 is 2.30 bits per heavy atom. The third kappa shape index (κ3) is 4.21. The van der Waals surface area contributed by atoms with Crippen molar-refractivity contribution in [2.24, 2.45) is 5.73 Å². The molecule has 0 aromatic heterocycles. The predicted molar refractivity (Wildman–Crippen MR) is 38.6 cm³/mol. The lowest BCUT2D eigenvalue weighted by Gasteiger charge is -1.99. The van der Waals surface area contributed by atoms with Crippen molar-refractivity contribution in [1.29, 1.82) is 0 Å². The first-order chi connectivity index (χ1) is 4.70. The van der Waals surface area contributed by atoms with Gasteiger partial charge in [0, 0.05) is 12.8 Å². The van der Waals surface area contributed by atoms with Gasteiger partial charge >= 0.3 is 0 Å². The molecule has 0 heterocycles. The molecule has 0 amide bonds. The highest BCUT2D eigenvalue weighted by Crippen LogP contribution is 1.95. The lowest BCUT2D eigenvalue weighted by molar-refractivity contribution is -0.119. The van der Waals surface area contributed by atoms with Crippen LogP contribution in [0.15, 0.2) is 0 Å².